The lowest BCUT2D eigenvalue weighted by Gasteiger charge is -2.54. The number of nitrogens with zero attached hydrogens (tertiary/aromatic N) is 1. The molecule has 7 heteroatoms. The summed E-state index contributed by atoms with van der Waals surface area (Å²) in [6.45, 7) is 3.87. The molecule has 0 spiro atoms. The first-order chi connectivity index (χ1) is 12.1. The van der Waals surface area contributed by atoms with Crippen LogP contribution in [0, 0.1) is 11.8 Å². The number of hydrogen-bond acceptors (Lipinski definition) is 4. The number of halogens is 1. The molecule has 1 aromatic rings. The molecular weight excluding hydrogens is 370 g/mol. The Balaban J connectivity index is 0.00000196. The zero-order valence-electron chi connectivity index (χ0n) is 15.1. The van der Waals surface area contributed by atoms with Gasteiger partial charge < -0.3 is 15.5 Å². The lowest BCUT2D eigenvalue weighted by atomic mass is 9.72. The van der Waals surface area contributed by atoms with Crippen molar-refractivity contribution in [1.29, 1.82) is 0 Å². The maximum atomic E-state index is 13.1. The van der Waals surface area contributed by atoms with E-state index >= 15 is 0 Å². The van der Waals surface area contributed by atoms with E-state index in [0.29, 0.717) is 12.3 Å². The molecule has 2 bridgehead atoms. The zero-order valence-corrected chi connectivity index (χ0v) is 16.8. The lowest BCUT2D eigenvalue weighted by molar-refractivity contribution is -0.157. The Morgan fingerprint density at radius 1 is 1.42 bits per heavy atom. The first-order valence-corrected chi connectivity index (χ1v) is 10.4. The molecule has 1 aromatic heterocycles. The van der Waals surface area contributed by atoms with Gasteiger partial charge in [-0.1, -0.05) is 6.07 Å². The van der Waals surface area contributed by atoms with Crippen LogP contribution in [0.1, 0.15) is 37.5 Å². The Hall–Kier alpha value is -1.11. The second kappa shape index (κ2) is 8.28. The summed E-state index contributed by atoms with van der Waals surface area (Å²) in [6.07, 6.45) is 4.51. The third-order valence-electron chi connectivity index (χ3n) is 5.99. The number of hydrogen-bond donors (Lipinski definition) is 2. The Morgan fingerprint density at radius 3 is 3.00 bits per heavy atom. The van der Waals surface area contributed by atoms with Crippen LogP contribution in [0.2, 0.25) is 0 Å². The predicted octanol–water partition coefficient (Wildman–Crippen LogP) is 2.21. The van der Waals surface area contributed by atoms with Gasteiger partial charge in [0.15, 0.2) is 0 Å². The number of thiophene rings is 1. The smallest absolute Gasteiger partial charge is 0.243 e. The largest absolute Gasteiger partial charge is 0.351 e. The van der Waals surface area contributed by atoms with Crippen molar-refractivity contribution < 1.29 is 9.59 Å². The van der Waals surface area contributed by atoms with E-state index in [0.717, 1.165) is 38.8 Å². The lowest BCUT2D eigenvalue weighted by Crippen LogP contribution is -2.68. The van der Waals surface area contributed by atoms with Crippen molar-refractivity contribution >= 4 is 35.6 Å². The molecule has 3 aliphatic rings. The number of fused-ring (bicyclic) bond motifs is 4. The Kier molecular flexibility index (Phi) is 6.25. The summed E-state index contributed by atoms with van der Waals surface area (Å²) < 4.78 is 0. The number of amides is 2. The van der Waals surface area contributed by atoms with Crippen molar-refractivity contribution in [2.24, 2.45) is 11.8 Å². The number of nitrogens with one attached hydrogen (secondary N) is 2. The average molecular weight is 398 g/mol. The van der Waals surface area contributed by atoms with Gasteiger partial charge in [0.25, 0.3) is 0 Å². The molecule has 26 heavy (non-hydrogen) atoms. The summed E-state index contributed by atoms with van der Waals surface area (Å²) in [5, 5.41) is 8.75. The maximum Gasteiger partial charge on any atom is 0.243 e. The van der Waals surface area contributed by atoms with Crippen molar-refractivity contribution in [1.82, 2.24) is 15.5 Å². The van der Waals surface area contributed by atoms with E-state index in [-0.39, 0.29) is 48.3 Å². The van der Waals surface area contributed by atoms with Crippen LogP contribution >= 0.6 is 23.7 Å². The molecule has 0 radical (unpaired) electrons. The molecule has 0 saturated carbocycles. The summed E-state index contributed by atoms with van der Waals surface area (Å²) in [7, 11) is 0. The van der Waals surface area contributed by atoms with Crippen LogP contribution in [0.25, 0.3) is 0 Å². The minimum Gasteiger partial charge on any atom is -0.351 e. The van der Waals surface area contributed by atoms with Crippen molar-refractivity contribution in [2.75, 3.05) is 13.1 Å². The van der Waals surface area contributed by atoms with E-state index in [4.69, 9.17) is 0 Å². The third kappa shape index (κ3) is 3.78. The Morgan fingerprint density at radius 2 is 2.23 bits per heavy atom. The zero-order chi connectivity index (χ0) is 17.4. The fraction of sp³-hybridized carbons (Fsp3) is 0.684. The Labute approximate surface area is 165 Å². The molecule has 3 saturated heterocycles. The monoisotopic (exact) mass is 397 g/mol. The second-order valence-corrected chi connectivity index (χ2v) is 8.84. The molecule has 2 N–H and O–H groups in total. The number of carbonyl (C=O) groups excluding carboxylic acids is 2. The van der Waals surface area contributed by atoms with Gasteiger partial charge in [-0.05, 0) is 50.1 Å². The molecule has 3 aliphatic heterocycles. The van der Waals surface area contributed by atoms with Gasteiger partial charge in [0, 0.05) is 42.3 Å². The Bertz CT molecular complexity index is 639. The molecular formula is C19H28ClN3O2S. The maximum absolute atomic E-state index is 13.1. The predicted molar refractivity (Wildman–Crippen MR) is 106 cm³/mol. The van der Waals surface area contributed by atoms with Gasteiger partial charge in [-0.2, -0.15) is 0 Å². The SMILES string of the molecule is C[C@H](Cc1cccs1)NC(=O)[C@H]1[C@@H]2CNC[C@@H](C2)[C@@H]2CCCC(=O)N21.Cl. The van der Waals surface area contributed by atoms with E-state index in [1.54, 1.807) is 11.3 Å². The molecule has 4 heterocycles. The summed E-state index contributed by atoms with van der Waals surface area (Å²) in [5.41, 5.74) is 0. The fourth-order valence-electron chi connectivity index (χ4n) is 4.96. The molecule has 144 valence electrons. The molecule has 3 fully saturated rings. The number of carbonyl (C=O) groups is 2. The molecule has 5 nitrogen and oxygen atoms in total. The van der Waals surface area contributed by atoms with Gasteiger partial charge in [0.05, 0.1) is 0 Å². The van der Waals surface area contributed by atoms with Crippen molar-refractivity contribution in [3.63, 3.8) is 0 Å². The second-order valence-electron chi connectivity index (χ2n) is 7.81. The van der Waals surface area contributed by atoms with Crippen molar-refractivity contribution in [2.45, 2.75) is 57.2 Å². The van der Waals surface area contributed by atoms with Gasteiger partial charge >= 0.3 is 0 Å². The van der Waals surface area contributed by atoms with Crippen LogP contribution in [0.5, 0.6) is 0 Å². The van der Waals surface area contributed by atoms with Crippen LogP contribution in [-0.2, 0) is 16.0 Å². The van der Waals surface area contributed by atoms with Crippen LogP contribution in [-0.4, -0.2) is 47.9 Å². The molecule has 2 amide bonds. The first-order valence-electron chi connectivity index (χ1n) is 9.48. The van der Waals surface area contributed by atoms with Gasteiger partial charge in [-0.25, -0.2) is 0 Å². The first kappa shape index (κ1) is 19.6. The highest BCUT2D eigenvalue weighted by molar-refractivity contribution is 7.09. The number of piperidine rings is 3. The molecule has 0 aromatic carbocycles. The van der Waals surface area contributed by atoms with Crippen LogP contribution in [0.4, 0.5) is 0 Å². The highest BCUT2D eigenvalue weighted by atomic mass is 35.5. The highest BCUT2D eigenvalue weighted by Gasteiger charge is 2.50. The van der Waals surface area contributed by atoms with Crippen molar-refractivity contribution in [3.05, 3.63) is 22.4 Å². The van der Waals surface area contributed by atoms with E-state index in [2.05, 4.69) is 29.0 Å². The average Bonchev–Trinajstić information content (AvgIpc) is 3.09. The standard InChI is InChI=1S/C19H27N3O2S.ClH/c1-12(8-15-4-3-7-25-15)21-19(24)18-14-9-13(10-20-11-14)16-5-2-6-17(23)22(16)18;/h3-4,7,12-14,16,18,20H,2,5-6,8-11H2,1H3,(H,21,24);1H/t12-,13-,14+,16+,18-;/m1./s1. The minimum atomic E-state index is -0.298. The van der Waals surface area contributed by atoms with E-state index < -0.39 is 0 Å². The molecule has 4 rings (SSSR count). The van der Waals surface area contributed by atoms with Gasteiger partial charge in [-0.3, -0.25) is 9.59 Å². The molecule has 0 unspecified atom stereocenters. The fourth-order valence-corrected chi connectivity index (χ4v) is 5.80. The van der Waals surface area contributed by atoms with Crippen LogP contribution in [0.15, 0.2) is 17.5 Å². The topological polar surface area (TPSA) is 61.4 Å². The van der Waals surface area contributed by atoms with Gasteiger partial charge in [-0.15, -0.1) is 23.7 Å². The van der Waals surface area contributed by atoms with Crippen molar-refractivity contribution in [3.8, 4) is 0 Å². The number of rotatable bonds is 4. The third-order valence-corrected chi connectivity index (χ3v) is 6.89. The summed E-state index contributed by atoms with van der Waals surface area (Å²) in [6, 6.07) is 4.17. The molecule has 0 aliphatic carbocycles. The van der Waals surface area contributed by atoms with Gasteiger partial charge in [0.2, 0.25) is 11.8 Å². The quantitative estimate of drug-likeness (QED) is 0.818. The van der Waals surface area contributed by atoms with Crippen LogP contribution < -0.4 is 10.6 Å². The van der Waals surface area contributed by atoms with E-state index in [1.165, 1.54) is 4.88 Å². The normalized spacial score (nSPS) is 31.6. The molecule has 5 atom stereocenters. The van der Waals surface area contributed by atoms with Gasteiger partial charge in [0.1, 0.15) is 6.04 Å². The highest BCUT2D eigenvalue weighted by Crippen LogP contribution is 2.39. The summed E-state index contributed by atoms with van der Waals surface area (Å²) in [5.74, 6) is 0.969. The van der Waals surface area contributed by atoms with E-state index in [1.807, 2.05) is 11.0 Å². The summed E-state index contributed by atoms with van der Waals surface area (Å²) >= 11 is 1.72. The van der Waals surface area contributed by atoms with E-state index in [9.17, 15) is 9.59 Å². The van der Waals surface area contributed by atoms with Crippen LogP contribution in [0.3, 0.4) is 0 Å². The minimum absolute atomic E-state index is 0. The summed E-state index contributed by atoms with van der Waals surface area (Å²) in [4.78, 5) is 29.0.